The van der Waals surface area contributed by atoms with E-state index in [0.29, 0.717) is 6.54 Å². The molecule has 1 amide bonds. The van der Waals surface area contributed by atoms with Crippen LogP contribution in [0.1, 0.15) is 20.8 Å². The van der Waals surface area contributed by atoms with Crippen LogP contribution in [0.2, 0.25) is 0 Å². The van der Waals surface area contributed by atoms with E-state index in [9.17, 15) is 4.79 Å². The topological polar surface area (TPSA) is 58.4 Å². The van der Waals surface area contributed by atoms with Crippen molar-refractivity contribution in [3.63, 3.8) is 0 Å². The second-order valence-electron chi connectivity index (χ2n) is 5.89. The molecule has 106 valence electrons. The van der Waals surface area contributed by atoms with E-state index in [1.165, 1.54) is 0 Å². The number of nitrogens with one attached hydrogen (secondary N) is 1. The van der Waals surface area contributed by atoms with Gasteiger partial charge in [-0.3, -0.25) is 4.79 Å². The van der Waals surface area contributed by atoms with Gasteiger partial charge in [-0.15, -0.1) is 0 Å². The van der Waals surface area contributed by atoms with Gasteiger partial charge in [0.2, 0.25) is 5.91 Å². The third kappa shape index (κ3) is 4.91. The zero-order chi connectivity index (χ0) is 14.5. The van der Waals surface area contributed by atoms with E-state index >= 15 is 0 Å². The molecule has 4 nitrogen and oxygen atoms in total. The van der Waals surface area contributed by atoms with Crippen molar-refractivity contribution in [1.82, 2.24) is 5.32 Å². The lowest BCUT2D eigenvalue weighted by Gasteiger charge is -2.26. The minimum atomic E-state index is -0.477. The highest BCUT2D eigenvalue weighted by atomic mass is 16.2. The Hall–Kier alpha value is -1.55. The van der Waals surface area contributed by atoms with Crippen LogP contribution in [0.25, 0.3) is 0 Å². The Kier molecular flexibility index (Phi) is 5.36. The molecule has 0 aromatic heterocycles. The first-order valence-corrected chi connectivity index (χ1v) is 6.62. The fourth-order valence-corrected chi connectivity index (χ4v) is 1.66. The molecule has 0 aliphatic rings. The van der Waals surface area contributed by atoms with Gasteiger partial charge in [0.25, 0.3) is 0 Å². The lowest BCUT2D eigenvalue weighted by Crippen LogP contribution is -2.49. The number of carbonyl (C=O) groups excluding carboxylic acids is 1. The number of nitrogens with zero attached hydrogens (tertiary/aromatic N) is 1. The summed E-state index contributed by atoms with van der Waals surface area (Å²) in [7, 11) is 2.01. The molecule has 1 aromatic carbocycles. The van der Waals surface area contributed by atoms with Gasteiger partial charge in [0.05, 0.1) is 6.04 Å². The number of anilines is 1. The summed E-state index contributed by atoms with van der Waals surface area (Å²) in [5.74, 6) is -0.0889. The maximum atomic E-state index is 11.9. The van der Waals surface area contributed by atoms with Crippen LogP contribution < -0.4 is 16.0 Å². The molecule has 0 bridgehead atoms. The molecular formula is C15H25N3O. The van der Waals surface area contributed by atoms with Crippen molar-refractivity contribution >= 4 is 11.6 Å². The largest absolute Gasteiger partial charge is 0.373 e. The van der Waals surface area contributed by atoms with Crippen LogP contribution in [0.15, 0.2) is 30.3 Å². The van der Waals surface area contributed by atoms with Crippen LogP contribution in [0.5, 0.6) is 0 Å². The number of amides is 1. The molecule has 0 aliphatic carbocycles. The molecule has 0 spiro atoms. The summed E-state index contributed by atoms with van der Waals surface area (Å²) in [5, 5.41) is 2.88. The van der Waals surface area contributed by atoms with Gasteiger partial charge in [-0.1, -0.05) is 39.0 Å². The predicted molar refractivity (Wildman–Crippen MR) is 80.2 cm³/mol. The van der Waals surface area contributed by atoms with E-state index in [1.807, 2.05) is 58.2 Å². The highest BCUT2D eigenvalue weighted by Crippen LogP contribution is 2.17. The number of hydrogen-bond donors (Lipinski definition) is 2. The van der Waals surface area contributed by atoms with Crippen LogP contribution in [0.3, 0.4) is 0 Å². The summed E-state index contributed by atoms with van der Waals surface area (Å²) in [6.45, 7) is 7.24. The van der Waals surface area contributed by atoms with Gasteiger partial charge in [-0.05, 0) is 17.5 Å². The zero-order valence-electron chi connectivity index (χ0n) is 12.3. The van der Waals surface area contributed by atoms with Gasteiger partial charge in [0, 0.05) is 25.8 Å². The van der Waals surface area contributed by atoms with Crippen molar-refractivity contribution in [1.29, 1.82) is 0 Å². The molecule has 4 heteroatoms. The van der Waals surface area contributed by atoms with Crippen molar-refractivity contribution in [2.75, 3.05) is 25.0 Å². The fourth-order valence-electron chi connectivity index (χ4n) is 1.66. The van der Waals surface area contributed by atoms with Crippen molar-refractivity contribution in [3.8, 4) is 0 Å². The number of hydrogen-bond acceptors (Lipinski definition) is 3. The summed E-state index contributed by atoms with van der Waals surface area (Å²) < 4.78 is 0. The summed E-state index contributed by atoms with van der Waals surface area (Å²) >= 11 is 0. The molecule has 1 unspecified atom stereocenters. The third-order valence-corrected chi connectivity index (χ3v) is 3.16. The quantitative estimate of drug-likeness (QED) is 0.848. The van der Waals surface area contributed by atoms with E-state index in [-0.39, 0.29) is 11.3 Å². The lowest BCUT2D eigenvalue weighted by atomic mass is 9.87. The average molecular weight is 263 g/mol. The number of para-hydroxylation sites is 1. The maximum absolute atomic E-state index is 11.9. The van der Waals surface area contributed by atoms with Crippen LogP contribution in [-0.4, -0.2) is 32.1 Å². The standard InChI is InChI=1S/C15H25N3O/c1-15(2,3)13(16)14(19)17-10-11-18(4)12-8-6-5-7-9-12/h5-9,13H,10-11,16H2,1-4H3,(H,17,19). The van der Waals surface area contributed by atoms with Gasteiger partial charge in [-0.25, -0.2) is 0 Å². The second kappa shape index (κ2) is 6.57. The summed E-state index contributed by atoms with van der Waals surface area (Å²) in [6, 6.07) is 9.60. The summed E-state index contributed by atoms with van der Waals surface area (Å²) in [5.41, 5.74) is 6.82. The van der Waals surface area contributed by atoms with Gasteiger partial charge < -0.3 is 16.0 Å². The maximum Gasteiger partial charge on any atom is 0.237 e. The Bertz CT molecular complexity index is 398. The number of nitrogens with two attached hydrogens (primary N) is 1. The minimum absolute atomic E-state index is 0.0889. The molecule has 0 saturated carbocycles. The normalized spacial score (nSPS) is 12.9. The van der Waals surface area contributed by atoms with Gasteiger partial charge in [0.1, 0.15) is 0 Å². The monoisotopic (exact) mass is 263 g/mol. The number of carbonyl (C=O) groups is 1. The van der Waals surface area contributed by atoms with E-state index in [1.54, 1.807) is 0 Å². The fraction of sp³-hybridized carbons (Fsp3) is 0.533. The first kappa shape index (κ1) is 15.5. The average Bonchev–Trinajstić information content (AvgIpc) is 2.37. The van der Waals surface area contributed by atoms with Crippen LogP contribution in [0.4, 0.5) is 5.69 Å². The van der Waals surface area contributed by atoms with Gasteiger partial charge in [0.15, 0.2) is 0 Å². The van der Waals surface area contributed by atoms with Crippen molar-refractivity contribution in [2.45, 2.75) is 26.8 Å². The summed E-state index contributed by atoms with van der Waals surface area (Å²) in [4.78, 5) is 14.0. The number of benzene rings is 1. The summed E-state index contributed by atoms with van der Waals surface area (Å²) in [6.07, 6.45) is 0. The second-order valence-corrected chi connectivity index (χ2v) is 5.89. The highest BCUT2D eigenvalue weighted by Gasteiger charge is 2.26. The highest BCUT2D eigenvalue weighted by molar-refractivity contribution is 5.82. The van der Waals surface area contributed by atoms with Gasteiger partial charge in [-0.2, -0.15) is 0 Å². The van der Waals surface area contributed by atoms with Crippen LogP contribution >= 0.6 is 0 Å². The van der Waals surface area contributed by atoms with Crippen molar-refractivity contribution in [3.05, 3.63) is 30.3 Å². The molecular weight excluding hydrogens is 238 g/mol. The zero-order valence-corrected chi connectivity index (χ0v) is 12.3. The van der Waals surface area contributed by atoms with E-state index in [0.717, 1.165) is 12.2 Å². The Morgan fingerprint density at radius 2 is 1.89 bits per heavy atom. The minimum Gasteiger partial charge on any atom is -0.373 e. The predicted octanol–water partition coefficient (Wildman–Crippen LogP) is 1.61. The smallest absolute Gasteiger partial charge is 0.237 e. The molecule has 0 fully saturated rings. The van der Waals surface area contributed by atoms with Crippen LogP contribution in [-0.2, 0) is 4.79 Å². The number of likely N-dealkylation sites (N-methyl/N-ethyl adjacent to an activating group) is 1. The molecule has 0 aliphatic heterocycles. The molecule has 0 radical (unpaired) electrons. The molecule has 3 N–H and O–H groups in total. The van der Waals surface area contributed by atoms with E-state index in [2.05, 4.69) is 10.2 Å². The Labute approximate surface area is 116 Å². The SMILES string of the molecule is CN(CCNC(=O)C(N)C(C)(C)C)c1ccccc1. The first-order valence-electron chi connectivity index (χ1n) is 6.62. The molecule has 0 heterocycles. The van der Waals surface area contributed by atoms with Crippen LogP contribution in [0, 0.1) is 5.41 Å². The Balaban J connectivity index is 2.37. The van der Waals surface area contributed by atoms with Crippen molar-refractivity contribution in [2.24, 2.45) is 11.1 Å². The van der Waals surface area contributed by atoms with E-state index < -0.39 is 6.04 Å². The molecule has 1 rings (SSSR count). The van der Waals surface area contributed by atoms with Gasteiger partial charge >= 0.3 is 0 Å². The molecule has 0 saturated heterocycles. The third-order valence-electron chi connectivity index (χ3n) is 3.16. The molecule has 1 atom stereocenters. The molecule has 1 aromatic rings. The Morgan fingerprint density at radius 1 is 1.32 bits per heavy atom. The molecule has 19 heavy (non-hydrogen) atoms. The van der Waals surface area contributed by atoms with Crippen molar-refractivity contribution < 1.29 is 4.79 Å². The Morgan fingerprint density at radius 3 is 2.42 bits per heavy atom. The lowest BCUT2D eigenvalue weighted by molar-refractivity contribution is -0.124. The van der Waals surface area contributed by atoms with E-state index in [4.69, 9.17) is 5.73 Å². The number of rotatable bonds is 5. The first-order chi connectivity index (χ1) is 8.82.